The van der Waals surface area contributed by atoms with Gasteiger partial charge in [0, 0.05) is 38.6 Å². The molecular formula is C18H17ClN4O4S2. The molecule has 1 aliphatic heterocycles. The van der Waals surface area contributed by atoms with Crippen LogP contribution in [0.4, 0.5) is 0 Å². The molecule has 0 atom stereocenters. The lowest BCUT2D eigenvalue weighted by molar-refractivity contribution is 0.0692. The molecule has 4 rings (SSSR count). The highest BCUT2D eigenvalue weighted by atomic mass is 35.5. The molecular weight excluding hydrogens is 436 g/mol. The Labute approximate surface area is 176 Å². The van der Waals surface area contributed by atoms with E-state index >= 15 is 0 Å². The highest BCUT2D eigenvalue weighted by Gasteiger charge is 2.32. The molecule has 0 saturated carbocycles. The number of sulfonamides is 1. The number of aromatic nitrogens is 2. The van der Waals surface area contributed by atoms with Crippen LogP contribution in [0.25, 0.3) is 10.8 Å². The highest BCUT2D eigenvalue weighted by Crippen LogP contribution is 2.28. The van der Waals surface area contributed by atoms with E-state index in [0.29, 0.717) is 15.1 Å². The Bertz CT molecular complexity index is 1260. The number of carbonyl (C=O) groups is 1. The number of carbonyl (C=O) groups excluding carboxylic acids is 1. The summed E-state index contributed by atoms with van der Waals surface area (Å²) in [7, 11) is -2.13. The first-order valence-corrected chi connectivity index (χ1v) is 11.4. The predicted octanol–water partition coefficient (Wildman–Crippen LogP) is 1.80. The number of amides is 1. The van der Waals surface area contributed by atoms with Crippen LogP contribution in [-0.2, 0) is 17.1 Å². The van der Waals surface area contributed by atoms with Crippen LogP contribution >= 0.6 is 22.9 Å². The van der Waals surface area contributed by atoms with Gasteiger partial charge in [-0.25, -0.2) is 13.1 Å². The van der Waals surface area contributed by atoms with Gasteiger partial charge in [-0.05, 0) is 18.2 Å². The van der Waals surface area contributed by atoms with Gasteiger partial charge in [0.15, 0.2) is 5.69 Å². The summed E-state index contributed by atoms with van der Waals surface area (Å²) in [4.78, 5) is 26.9. The maximum Gasteiger partial charge on any atom is 0.275 e. The second-order valence-corrected chi connectivity index (χ2v) is 10.5. The van der Waals surface area contributed by atoms with Gasteiger partial charge in [0.05, 0.1) is 9.72 Å². The van der Waals surface area contributed by atoms with Gasteiger partial charge in [0.25, 0.3) is 21.5 Å². The van der Waals surface area contributed by atoms with Gasteiger partial charge in [-0.1, -0.05) is 29.8 Å². The number of fused-ring (bicyclic) bond motifs is 1. The minimum Gasteiger partial charge on any atom is -0.335 e. The fourth-order valence-electron chi connectivity index (χ4n) is 3.30. The lowest BCUT2D eigenvalue weighted by Gasteiger charge is -2.33. The molecule has 0 unspecified atom stereocenters. The Balaban J connectivity index is 1.57. The summed E-state index contributed by atoms with van der Waals surface area (Å²) in [5.41, 5.74) is -0.0910. The van der Waals surface area contributed by atoms with Crippen molar-refractivity contribution in [2.24, 2.45) is 7.05 Å². The van der Waals surface area contributed by atoms with Crippen LogP contribution in [0.5, 0.6) is 0 Å². The molecule has 2 aromatic heterocycles. The lowest BCUT2D eigenvalue weighted by Crippen LogP contribution is -2.50. The van der Waals surface area contributed by atoms with Gasteiger partial charge in [0.1, 0.15) is 4.21 Å². The molecule has 1 aliphatic rings. The molecule has 1 amide bonds. The van der Waals surface area contributed by atoms with Crippen molar-refractivity contribution in [3.05, 3.63) is 56.8 Å². The number of benzene rings is 1. The fourth-order valence-corrected chi connectivity index (χ4v) is 6.36. The van der Waals surface area contributed by atoms with Crippen molar-refractivity contribution in [1.82, 2.24) is 19.0 Å². The van der Waals surface area contributed by atoms with Crippen LogP contribution in [0.2, 0.25) is 4.34 Å². The second-order valence-electron chi connectivity index (χ2n) is 6.58. The normalized spacial score (nSPS) is 15.7. The number of halogens is 1. The van der Waals surface area contributed by atoms with Gasteiger partial charge in [0.2, 0.25) is 0 Å². The van der Waals surface area contributed by atoms with Gasteiger partial charge in [-0.2, -0.15) is 9.40 Å². The Morgan fingerprint density at radius 3 is 2.34 bits per heavy atom. The minimum atomic E-state index is -3.63. The summed E-state index contributed by atoms with van der Waals surface area (Å²) in [6.07, 6.45) is 0. The summed E-state index contributed by atoms with van der Waals surface area (Å²) in [6, 6.07) is 9.87. The van der Waals surface area contributed by atoms with E-state index in [9.17, 15) is 18.0 Å². The Morgan fingerprint density at radius 1 is 1.07 bits per heavy atom. The molecule has 8 nitrogen and oxygen atoms in total. The Kier molecular flexibility index (Phi) is 5.19. The van der Waals surface area contributed by atoms with Crippen molar-refractivity contribution in [3.8, 4) is 0 Å². The molecule has 0 aliphatic carbocycles. The number of hydrogen-bond acceptors (Lipinski definition) is 6. The topological polar surface area (TPSA) is 92.6 Å². The van der Waals surface area contributed by atoms with E-state index in [1.165, 1.54) is 17.4 Å². The van der Waals surface area contributed by atoms with E-state index in [1.807, 2.05) is 0 Å². The SMILES string of the molecule is Cn1nc(C(=O)N2CCN(S(=O)(=O)c3ccc(Cl)s3)CC2)c2ccccc2c1=O. The first kappa shape index (κ1) is 20.0. The largest absolute Gasteiger partial charge is 0.335 e. The van der Waals surface area contributed by atoms with Crippen LogP contribution in [0.15, 0.2) is 45.4 Å². The number of nitrogens with zero attached hydrogens (tertiary/aromatic N) is 4. The van der Waals surface area contributed by atoms with Gasteiger partial charge in [-0.15, -0.1) is 11.3 Å². The van der Waals surface area contributed by atoms with Crippen LogP contribution in [0.1, 0.15) is 10.5 Å². The van der Waals surface area contributed by atoms with Crippen molar-refractivity contribution in [3.63, 3.8) is 0 Å². The fraction of sp³-hybridized carbons (Fsp3) is 0.278. The standard InChI is InChI=1S/C18H17ClN4O4S2/c1-21-17(24)13-5-3-2-4-12(13)16(20-21)18(25)22-8-10-23(11-9-22)29(26,27)15-7-6-14(19)28-15/h2-7H,8-11H2,1H3. The van der Waals surface area contributed by atoms with Crippen molar-refractivity contribution < 1.29 is 13.2 Å². The van der Waals surface area contributed by atoms with Crippen molar-refractivity contribution in [2.75, 3.05) is 26.2 Å². The molecule has 29 heavy (non-hydrogen) atoms. The number of hydrogen-bond donors (Lipinski definition) is 0. The number of piperazine rings is 1. The monoisotopic (exact) mass is 452 g/mol. The maximum atomic E-state index is 13.1. The van der Waals surface area contributed by atoms with Gasteiger partial charge < -0.3 is 4.90 Å². The van der Waals surface area contributed by atoms with Gasteiger partial charge >= 0.3 is 0 Å². The number of rotatable bonds is 3. The quantitative estimate of drug-likeness (QED) is 0.604. The zero-order valence-electron chi connectivity index (χ0n) is 15.4. The van der Waals surface area contributed by atoms with E-state index in [0.717, 1.165) is 16.0 Å². The molecule has 0 N–H and O–H groups in total. The molecule has 1 saturated heterocycles. The number of thiophene rings is 1. The van der Waals surface area contributed by atoms with E-state index in [-0.39, 0.29) is 47.5 Å². The second kappa shape index (κ2) is 7.52. The van der Waals surface area contributed by atoms with Crippen molar-refractivity contribution in [1.29, 1.82) is 0 Å². The molecule has 3 aromatic rings. The van der Waals surface area contributed by atoms with E-state index in [2.05, 4.69) is 5.10 Å². The van der Waals surface area contributed by atoms with Crippen LogP contribution in [-0.4, -0.2) is 59.5 Å². The van der Waals surface area contributed by atoms with Crippen molar-refractivity contribution in [2.45, 2.75) is 4.21 Å². The van der Waals surface area contributed by atoms with Crippen LogP contribution in [0, 0.1) is 0 Å². The molecule has 0 spiro atoms. The summed E-state index contributed by atoms with van der Waals surface area (Å²) < 4.78 is 28.6. The Hall–Kier alpha value is -2.27. The molecule has 152 valence electrons. The first-order chi connectivity index (χ1) is 13.8. The third kappa shape index (κ3) is 3.57. The third-order valence-electron chi connectivity index (χ3n) is 4.83. The number of aryl methyl sites for hydroxylation is 1. The summed E-state index contributed by atoms with van der Waals surface area (Å²) in [5, 5.41) is 5.07. The third-order valence-corrected chi connectivity index (χ3v) is 8.42. The lowest BCUT2D eigenvalue weighted by atomic mass is 10.1. The maximum absolute atomic E-state index is 13.1. The molecule has 11 heteroatoms. The molecule has 1 fully saturated rings. The smallest absolute Gasteiger partial charge is 0.275 e. The predicted molar refractivity (Wildman–Crippen MR) is 111 cm³/mol. The zero-order chi connectivity index (χ0) is 20.8. The minimum absolute atomic E-state index is 0.174. The van der Waals surface area contributed by atoms with E-state index < -0.39 is 10.0 Å². The molecule has 0 bridgehead atoms. The average molecular weight is 453 g/mol. The summed E-state index contributed by atoms with van der Waals surface area (Å²) in [6.45, 7) is 0.812. The summed E-state index contributed by atoms with van der Waals surface area (Å²) in [5.74, 6) is -0.326. The molecule has 1 aromatic carbocycles. The first-order valence-electron chi connectivity index (χ1n) is 8.80. The van der Waals surface area contributed by atoms with Crippen LogP contribution < -0.4 is 5.56 Å². The van der Waals surface area contributed by atoms with Crippen LogP contribution in [0.3, 0.4) is 0 Å². The van der Waals surface area contributed by atoms with E-state index in [4.69, 9.17) is 11.6 Å². The summed E-state index contributed by atoms with van der Waals surface area (Å²) >= 11 is 6.87. The average Bonchev–Trinajstić information content (AvgIpc) is 3.17. The zero-order valence-corrected chi connectivity index (χ0v) is 17.8. The molecule has 3 heterocycles. The van der Waals surface area contributed by atoms with Gasteiger partial charge in [-0.3, -0.25) is 9.59 Å². The van der Waals surface area contributed by atoms with E-state index in [1.54, 1.807) is 35.2 Å². The highest BCUT2D eigenvalue weighted by molar-refractivity contribution is 7.91. The molecule has 0 radical (unpaired) electrons. The Morgan fingerprint density at radius 2 is 1.72 bits per heavy atom. The van der Waals surface area contributed by atoms with Crippen molar-refractivity contribution >= 4 is 49.6 Å².